The molecule has 0 bridgehead atoms. The molecule has 0 aliphatic heterocycles. The molecule has 1 N–H and O–H groups in total. The van der Waals surface area contributed by atoms with Crippen molar-refractivity contribution in [3.05, 3.63) is 93.3 Å². The maximum atomic E-state index is 13.4. The van der Waals surface area contributed by atoms with Gasteiger partial charge >= 0.3 is 0 Å². The Hall–Kier alpha value is -3.29. The molecule has 3 aromatic rings. The Bertz CT molecular complexity index is 1440. The SMILES string of the molecule is O=C1c2ccccc2-c2c1c1c(c(=O)n2CCCCNS(=O)(=O)c2ccccc2)C=CCC1. The van der Waals surface area contributed by atoms with Gasteiger partial charge in [0, 0.05) is 29.8 Å². The first-order valence-corrected chi connectivity index (χ1v) is 12.6. The van der Waals surface area contributed by atoms with Crippen molar-refractivity contribution in [1.82, 2.24) is 9.29 Å². The molecular weight excluding hydrogens is 436 g/mol. The van der Waals surface area contributed by atoms with Crippen LogP contribution >= 0.6 is 0 Å². The van der Waals surface area contributed by atoms with Crippen LogP contribution < -0.4 is 10.3 Å². The van der Waals surface area contributed by atoms with E-state index in [1.54, 1.807) is 34.9 Å². The van der Waals surface area contributed by atoms with Crippen LogP contribution in [-0.4, -0.2) is 25.3 Å². The van der Waals surface area contributed by atoms with Gasteiger partial charge in [-0.15, -0.1) is 0 Å². The van der Waals surface area contributed by atoms with Crippen molar-refractivity contribution in [3.63, 3.8) is 0 Å². The lowest BCUT2D eigenvalue weighted by Gasteiger charge is -2.19. The Labute approximate surface area is 192 Å². The van der Waals surface area contributed by atoms with E-state index >= 15 is 0 Å². The molecule has 0 unspecified atom stereocenters. The molecule has 0 radical (unpaired) electrons. The zero-order chi connectivity index (χ0) is 23.0. The van der Waals surface area contributed by atoms with E-state index in [9.17, 15) is 18.0 Å². The predicted octanol–water partition coefficient (Wildman–Crippen LogP) is 3.78. The van der Waals surface area contributed by atoms with Crippen LogP contribution in [0.3, 0.4) is 0 Å². The van der Waals surface area contributed by atoms with Gasteiger partial charge in [0.05, 0.1) is 16.2 Å². The number of rotatable bonds is 7. The second kappa shape index (κ2) is 8.57. The fourth-order valence-corrected chi connectivity index (χ4v) is 5.79. The first-order chi connectivity index (χ1) is 16.0. The molecule has 168 valence electrons. The first kappa shape index (κ1) is 21.6. The van der Waals surface area contributed by atoms with E-state index in [-0.39, 0.29) is 22.8 Å². The zero-order valence-corrected chi connectivity index (χ0v) is 18.9. The number of ketones is 1. The van der Waals surface area contributed by atoms with Crippen LogP contribution in [0.15, 0.2) is 70.4 Å². The van der Waals surface area contributed by atoms with Crippen molar-refractivity contribution in [2.24, 2.45) is 0 Å². The Kier molecular flexibility index (Phi) is 5.60. The number of fused-ring (bicyclic) bond motifs is 5. The van der Waals surface area contributed by atoms with Crippen LogP contribution in [0, 0.1) is 0 Å². The van der Waals surface area contributed by atoms with Crippen molar-refractivity contribution in [2.75, 3.05) is 6.54 Å². The topological polar surface area (TPSA) is 85.2 Å². The molecule has 2 aliphatic carbocycles. The molecule has 2 aliphatic rings. The lowest BCUT2D eigenvalue weighted by Crippen LogP contribution is -2.29. The van der Waals surface area contributed by atoms with Crippen LogP contribution in [-0.2, 0) is 23.0 Å². The summed E-state index contributed by atoms with van der Waals surface area (Å²) in [5, 5.41) is 0. The zero-order valence-electron chi connectivity index (χ0n) is 18.1. The summed E-state index contributed by atoms with van der Waals surface area (Å²) in [6.07, 6.45) is 6.48. The molecule has 0 atom stereocenters. The third kappa shape index (κ3) is 3.77. The molecule has 0 spiro atoms. The number of nitrogens with one attached hydrogen (secondary N) is 1. The van der Waals surface area contributed by atoms with Crippen molar-refractivity contribution in [1.29, 1.82) is 0 Å². The summed E-state index contributed by atoms with van der Waals surface area (Å²) >= 11 is 0. The number of carbonyl (C=O) groups excluding carboxylic acids is 1. The number of sulfonamides is 1. The monoisotopic (exact) mass is 460 g/mol. The van der Waals surface area contributed by atoms with Crippen LogP contribution in [0.25, 0.3) is 17.3 Å². The Morgan fingerprint density at radius 3 is 2.42 bits per heavy atom. The van der Waals surface area contributed by atoms with Gasteiger partial charge in [-0.3, -0.25) is 9.59 Å². The average molecular weight is 461 g/mol. The summed E-state index contributed by atoms with van der Waals surface area (Å²) in [4.78, 5) is 26.8. The van der Waals surface area contributed by atoms with Crippen molar-refractivity contribution >= 4 is 21.9 Å². The van der Waals surface area contributed by atoms with E-state index < -0.39 is 10.0 Å². The predicted molar refractivity (Wildman–Crippen MR) is 128 cm³/mol. The van der Waals surface area contributed by atoms with Gasteiger partial charge in [0.2, 0.25) is 10.0 Å². The maximum Gasteiger partial charge on any atom is 0.258 e. The highest BCUT2D eigenvalue weighted by Crippen LogP contribution is 2.39. The molecule has 2 aromatic carbocycles. The summed E-state index contributed by atoms with van der Waals surface area (Å²) in [5.74, 6) is -0.0171. The third-order valence-electron chi connectivity index (χ3n) is 6.26. The fraction of sp³-hybridized carbons (Fsp3) is 0.231. The molecule has 5 rings (SSSR count). The number of allylic oxidation sites excluding steroid dienone is 1. The second-order valence-electron chi connectivity index (χ2n) is 8.31. The Morgan fingerprint density at radius 2 is 1.64 bits per heavy atom. The normalized spacial score (nSPS) is 14.1. The number of aromatic nitrogens is 1. The van der Waals surface area contributed by atoms with Gasteiger partial charge in [-0.05, 0) is 43.4 Å². The summed E-state index contributed by atoms with van der Waals surface area (Å²) < 4.78 is 29.1. The molecule has 0 saturated carbocycles. The molecule has 0 fully saturated rings. The lowest BCUT2D eigenvalue weighted by molar-refractivity contribution is 0.104. The summed E-state index contributed by atoms with van der Waals surface area (Å²) in [6.45, 7) is 0.686. The minimum absolute atomic E-state index is 0.0171. The molecule has 6 nitrogen and oxygen atoms in total. The number of carbonyl (C=O) groups is 1. The van der Waals surface area contributed by atoms with Crippen LogP contribution in [0.1, 0.15) is 46.3 Å². The lowest BCUT2D eigenvalue weighted by atomic mass is 9.92. The highest BCUT2D eigenvalue weighted by Gasteiger charge is 2.34. The smallest absolute Gasteiger partial charge is 0.258 e. The minimum Gasteiger partial charge on any atom is -0.307 e. The largest absolute Gasteiger partial charge is 0.307 e. The van der Waals surface area contributed by atoms with Gasteiger partial charge in [-0.2, -0.15) is 0 Å². The van der Waals surface area contributed by atoms with E-state index in [1.165, 1.54) is 0 Å². The number of nitrogens with zero attached hydrogens (tertiary/aromatic N) is 1. The molecule has 1 heterocycles. The molecule has 0 amide bonds. The van der Waals surface area contributed by atoms with Crippen molar-refractivity contribution < 1.29 is 13.2 Å². The molecule has 0 saturated heterocycles. The van der Waals surface area contributed by atoms with E-state index in [0.717, 1.165) is 17.5 Å². The molecular formula is C26H24N2O4S. The van der Waals surface area contributed by atoms with Crippen LogP contribution in [0.2, 0.25) is 0 Å². The third-order valence-corrected chi connectivity index (χ3v) is 7.74. The molecule has 1 aromatic heterocycles. The average Bonchev–Trinajstić information content (AvgIpc) is 3.14. The number of hydrogen-bond donors (Lipinski definition) is 1. The highest BCUT2D eigenvalue weighted by molar-refractivity contribution is 7.89. The maximum absolute atomic E-state index is 13.4. The molecule has 7 heteroatoms. The van der Waals surface area contributed by atoms with E-state index in [0.29, 0.717) is 48.2 Å². The second-order valence-corrected chi connectivity index (χ2v) is 10.1. The molecule has 33 heavy (non-hydrogen) atoms. The van der Waals surface area contributed by atoms with Crippen molar-refractivity contribution in [2.45, 2.75) is 37.1 Å². The Balaban J connectivity index is 1.39. The van der Waals surface area contributed by atoms with Gasteiger partial charge in [-0.25, -0.2) is 13.1 Å². The van der Waals surface area contributed by atoms with Gasteiger partial charge in [0.25, 0.3) is 5.56 Å². The number of pyridine rings is 1. The van der Waals surface area contributed by atoms with E-state index in [1.807, 2.05) is 36.4 Å². The van der Waals surface area contributed by atoms with Gasteiger partial charge in [-0.1, -0.05) is 54.6 Å². The first-order valence-electron chi connectivity index (χ1n) is 11.1. The van der Waals surface area contributed by atoms with E-state index in [4.69, 9.17) is 0 Å². The van der Waals surface area contributed by atoms with Gasteiger partial charge in [0.15, 0.2) is 5.78 Å². The number of benzene rings is 2. The fourth-order valence-electron chi connectivity index (χ4n) is 4.69. The highest BCUT2D eigenvalue weighted by atomic mass is 32.2. The van der Waals surface area contributed by atoms with Gasteiger partial charge in [0.1, 0.15) is 0 Å². The van der Waals surface area contributed by atoms with Gasteiger partial charge < -0.3 is 4.57 Å². The summed E-state index contributed by atoms with van der Waals surface area (Å²) in [5.41, 5.74) is 4.17. The summed E-state index contributed by atoms with van der Waals surface area (Å²) in [6, 6.07) is 15.7. The van der Waals surface area contributed by atoms with E-state index in [2.05, 4.69) is 4.72 Å². The van der Waals surface area contributed by atoms with Crippen LogP contribution in [0.5, 0.6) is 0 Å². The Morgan fingerprint density at radius 1 is 0.909 bits per heavy atom. The quantitative estimate of drug-likeness (QED) is 0.426. The minimum atomic E-state index is -3.55. The van der Waals surface area contributed by atoms with Crippen molar-refractivity contribution in [3.8, 4) is 11.3 Å². The number of hydrogen-bond acceptors (Lipinski definition) is 4. The summed E-state index contributed by atoms with van der Waals surface area (Å²) in [7, 11) is -3.55. The number of unbranched alkanes of at least 4 members (excludes halogenated alkanes) is 1. The van der Waals surface area contributed by atoms with Crippen LogP contribution in [0.4, 0.5) is 0 Å². The standard InChI is InChI=1S/C26H24N2O4S/c29-25-21-14-6-5-13-20(21)24-23(25)19-12-4-7-15-22(19)26(30)28(24)17-9-8-16-27-33(31,32)18-10-2-1-3-11-18/h1-3,5-7,10-11,13-15,27H,4,8-9,12,16-17H2.